The van der Waals surface area contributed by atoms with E-state index in [9.17, 15) is 4.79 Å². The van der Waals surface area contributed by atoms with Crippen molar-refractivity contribution >= 4 is 17.1 Å². The molecule has 2 heterocycles. The van der Waals surface area contributed by atoms with Crippen LogP contribution in [0.25, 0.3) is 0 Å². The SMILES string of the molecule is Cc1nc(CC(=O)c2cnn(C)c2)cs1. The third-order valence-electron chi connectivity index (χ3n) is 2.04. The van der Waals surface area contributed by atoms with E-state index in [1.54, 1.807) is 35.5 Å². The minimum Gasteiger partial charge on any atom is -0.294 e. The van der Waals surface area contributed by atoms with E-state index in [0.717, 1.165) is 10.7 Å². The minimum atomic E-state index is 0.0633. The van der Waals surface area contributed by atoms with Crippen LogP contribution in [0, 0.1) is 6.92 Å². The van der Waals surface area contributed by atoms with Crippen molar-refractivity contribution in [2.24, 2.45) is 7.05 Å². The van der Waals surface area contributed by atoms with Gasteiger partial charge < -0.3 is 0 Å². The third-order valence-corrected chi connectivity index (χ3v) is 2.86. The number of hydrogen-bond acceptors (Lipinski definition) is 4. The van der Waals surface area contributed by atoms with Gasteiger partial charge in [0.25, 0.3) is 0 Å². The van der Waals surface area contributed by atoms with E-state index in [-0.39, 0.29) is 5.78 Å². The molecule has 0 N–H and O–H groups in total. The largest absolute Gasteiger partial charge is 0.294 e. The molecule has 0 atom stereocenters. The van der Waals surface area contributed by atoms with Crippen LogP contribution in [0.1, 0.15) is 21.1 Å². The van der Waals surface area contributed by atoms with Crippen molar-refractivity contribution in [1.29, 1.82) is 0 Å². The molecule has 78 valence electrons. The second kappa shape index (κ2) is 3.94. The molecular weight excluding hydrogens is 210 g/mol. The van der Waals surface area contributed by atoms with Gasteiger partial charge in [-0.1, -0.05) is 0 Å². The normalized spacial score (nSPS) is 10.5. The summed E-state index contributed by atoms with van der Waals surface area (Å²) < 4.78 is 1.62. The molecule has 0 bridgehead atoms. The molecule has 0 spiro atoms. The first-order valence-corrected chi connectivity index (χ1v) is 5.46. The van der Waals surface area contributed by atoms with Crippen LogP contribution in [0.2, 0.25) is 0 Å². The number of Topliss-reactive ketones (excluding diaryl/α,β-unsaturated/α-hetero) is 1. The van der Waals surface area contributed by atoms with Crippen LogP contribution in [0.5, 0.6) is 0 Å². The highest BCUT2D eigenvalue weighted by Crippen LogP contribution is 2.11. The van der Waals surface area contributed by atoms with Gasteiger partial charge in [-0.15, -0.1) is 11.3 Å². The Balaban J connectivity index is 2.10. The highest BCUT2D eigenvalue weighted by atomic mass is 32.1. The van der Waals surface area contributed by atoms with E-state index in [0.29, 0.717) is 12.0 Å². The Bertz CT molecular complexity index is 486. The zero-order valence-electron chi connectivity index (χ0n) is 8.60. The highest BCUT2D eigenvalue weighted by Gasteiger charge is 2.10. The molecule has 4 nitrogen and oxygen atoms in total. The molecular formula is C10H11N3OS. The lowest BCUT2D eigenvalue weighted by molar-refractivity contribution is 0.0992. The Labute approximate surface area is 91.6 Å². The number of aryl methyl sites for hydroxylation is 2. The molecule has 0 amide bonds. The fourth-order valence-electron chi connectivity index (χ4n) is 1.32. The van der Waals surface area contributed by atoms with Crippen molar-refractivity contribution in [3.63, 3.8) is 0 Å². The van der Waals surface area contributed by atoms with Gasteiger partial charge in [0.2, 0.25) is 0 Å². The van der Waals surface area contributed by atoms with E-state index >= 15 is 0 Å². The van der Waals surface area contributed by atoms with Crippen LogP contribution in [0.3, 0.4) is 0 Å². The summed E-state index contributed by atoms with van der Waals surface area (Å²) in [6.45, 7) is 1.93. The van der Waals surface area contributed by atoms with Crippen molar-refractivity contribution in [1.82, 2.24) is 14.8 Å². The summed E-state index contributed by atoms with van der Waals surface area (Å²) in [6.07, 6.45) is 3.67. The first-order chi connectivity index (χ1) is 7.15. The Morgan fingerprint density at radius 3 is 2.93 bits per heavy atom. The topological polar surface area (TPSA) is 47.8 Å². The maximum Gasteiger partial charge on any atom is 0.171 e. The zero-order valence-corrected chi connectivity index (χ0v) is 9.41. The van der Waals surface area contributed by atoms with Crippen molar-refractivity contribution < 1.29 is 4.79 Å². The van der Waals surface area contributed by atoms with Gasteiger partial charge in [-0.05, 0) is 6.92 Å². The maximum atomic E-state index is 11.7. The molecule has 5 heteroatoms. The third kappa shape index (κ3) is 2.30. The molecule has 0 saturated heterocycles. The summed E-state index contributed by atoms with van der Waals surface area (Å²) in [6, 6.07) is 0. The van der Waals surface area contributed by atoms with Gasteiger partial charge in [0.15, 0.2) is 5.78 Å². The minimum absolute atomic E-state index is 0.0633. The van der Waals surface area contributed by atoms with Gasteiger partial charge in [-0.2, -0.15) is 5.10 Å². The molecule has 2 aromatic rings. The summed E-state index contributed by atoms with van der Waals surface area (Å²) >= 11 is 1.56. The first-order valence-electron chi connectivity index (χ1n) is 4.58. The molecule has 0 aliphatic rings. The maximum absolute atomic E-state index is 11.7. The number of carbonyl (C=O) groups excluding carboxylic acids is 1. The Morgan fingerprint density at radius 2 is 2.40 bits per heavy atom. The lowest BCUT2D eigenvalue weighted by atomic mass is 10.1. The summed E-state index contributed by atoms with van der Waals surface area (Å²) in [5.41, 5.74) is 1.48. The molecule has 0 fully saturated rings. The smallest absolute Gasteiger partial charge is 0.171 e. The van der Waals surface area contributed by atoms with Gasteiger partial charge in [0.1, 0.15) is 0 Å². The van der Waals surface area contributed by atoms with E-state index in [2.05, 4.69) is 10.1 Å². The van der Waals surface area contributed by atoms with Crippen LogP contribution >= 0.6 is 11.3 Å². The zero-order chi connectivity index (χ0) is 10.8. The van der Waals surface area contributed by atoms with Gasteiger partial charge in [0.05, 0.1) is 28.9 Å². The molecule has 0 aromatic carbocycles. The number of hydrogen-bond donors (Lipinski definition) is 0. The second-order valence-corrected chi connectivity index (χ2v) is 4.42. The average molecular weight is 221 g/mol. The second-order valence-electron chi connectivity index (χ2n) is 3.36. The summed E-state index contributed by atoms with van der Waals surface area (Å²) in [4.78, 5) is 16.0. The summed E-state index contributed by atoms with van der Waals surface area (Å²) in [5.74, 6) is 0.0633. The number of thiazole rings is 1. The Morgan fingerprint density at radius 1 is 1.60 bits per heavy atom. The number of nitrogens with zero attached hydrogens (tertiary/aromatic N) is 3. The molecule has 0 aliphatic carbocycles. The lowest BCUT2D eigenvalue weighted by Gasteiger charge is -1.93. The van der Waals surface area contributed by atoms with Crippen molar-refractivity contribution in [3.8, 4) is 0 Å². The van der Waals surface area contributed by atoms with Crippen LogP contribution < -0.4 is 0 Å². The van der Waals surface area contributed by atoms with E-state index in [1.165, 1.54) is 0 Å². The molecule has 0 saturated carbocycles. The van der Waals surface area contributed by atoms with Crippen LogP contribution in [0.15, 0.2) is 17.8 Å². The van der Waals surface area contributed by atoms with Gasteiger partial charge >= 0.3 is 0 Å². The fraction of sp³-hybridized carbons (Fsp3) is 0.300. The van der Waals surface area contributed by atoms with Crippen LogP contribution in [-0.2, 0) is 13.5 Å². The van der Waals surface area contributed by atoms with E-state index in [4.69, 9.17) is 0 Å². The van der Waals surface area contributed by atoms with Gasteiger partial charge in [-0.3, -0.25) is 9.48 Å². The number of ketones is 1. The molecule has 2 aromatic heterocycles. The molecule has 2 rings (SSSR count). The summed E-state index contributed by atoms with van der Waals surface area (Å²) in [7, 11) is 1.80. The van der Waals surface area contributed by atoms with Crippen LogP contribution in [0.4, 0.5) is 0 Å². The lowest BCUT2D eigenvalue weighted by Crippen LogP contribution is -2.02. The van der Waals surface area contributed by atoms with E-state index in [1.807, 2.05) is 12.3 Å². The van der Waals surface area contributed by atoms with Crippen molar-refractivity contribution in [3.05, 3.63) is 34.0 Å². The molecule has 0 radical (unpaired) electrons. The molecule has 0 unspecified atom stereocenters. The fourth-order valence-corrected chi connectivity index (χ4v) is 1.93. The first kappa shape index (κ1) is 10.0. The number of rotatable bonds is 3. The molecule has 15 heavy (non-hydrogen) atoms. The molecule has 0 aliphatic heterocycles. The Hall–Kier alpha value is -1.49. The van der Waals surface area contributed by atoms with Crippen LogP contribution in [-0.4, -0.2) is 20.5 Å². The predicted octanol–water partition coefficient (Wildman–Crippen LogP) is 1.61. The Kier molecular flexibility index (Phi) is 2.64. The number of carbonyl (C=O) groups is 1. The predicted molar refractivity (Wildman–Crippen MR) is 58.1 cm³/mol. The number of aromatic nitrogens is 3. The summed E-state index contributed by atoms with van der Waals surface area (Å²) in [5, 5.41) is 6.87. The van der Waals surface area contributed by atoms with E-state index < -0.39 is 0 Å². The van der Waals surface area contributed by atoms with Gasteiger partial charge in [-0.25, -0.2) is 4.98 Å². The van der Waals surface area contributed by atoms with Crippen molar-refractivity contribution in [2.75, 3.05) is 0 Å². The quantitative estimate of drug-likeness (QED) is 0.740. The average Bonchev–Trinajstić information content (AvgIpc) is 2.75. The van der Waals surface area contributed by atoms with Crippen molar-refractivity contribution in [2.45, 2.75) is 13.3 Å². The highest BCUT2D eigenvalue weighted by molar-refractivity contribution is 7.09. The monoisotopic (exact) mass is 221 g/mol. The van der Waals surface area contributed by atoms with Gasteiger partial charge in [0, 0.05) is 18.6 Å². The standard InChI is InChI=1S/C10H11N3OS/c1-7-12-9(6-15-7)3-10(14)8-4-11-13(2)5-8/h4-6H,3H2,1-2H3.